The highest BCUT2D eigenvalue weighted by molar-refractivity contribution is 5.98. The highest BCUT2D eigenvalue weighted by Crippen LogP contribution is 2.38. The number of hydrogen-bond donors (Lipinski definition) is 3. The van der Waals surface area contributed by atoms with Gasteiger partial charge in [0.05, 0.1) is 21.3 Å². The molecule has 1 atom stereocenters. The number of carboxylic acids is 1. The summed E-state index contributed by atoms with van der Waals surface area (Å²) in [5.41, 5.74) is 5.56. The van der Waals surface area contributed by atoms with Gasteiger partial charge in [0.25, 0.3) is 5.91 Å². The molecule has 0 aliphatic heterocycles. The standard InChI is InChI=1S/C29H30N2O7/c1-36-24-12-17(13-25(37-2)27(24)38-3)16-30-29(35)23(10-11-26(32)33)31-28(34)19-8-9-22-20(15-19)14-18-6-4-5-7-21(18)22/h4-9,12-13,15,23H,10-11,14,16H2,1-3H3,(H,30,35)(H,31,34)(H,32,33)/t23-/m0/s1. The molecule has 198 valence electrons. The minimum atomic E-state index is -1.06. The molecule has 3 N–H and O–H groups in total. The normalized spacial score (nSPS) is 12.1. The second-order valence-electron chi connectivity index (χ2n) is 8.92. The van der Waals surface area contributed by atoms with Crippen molar-refractivity contribution in [3.05, 3.63) is 76.9 Å². The maximum Gasteiger partial charge on any atom is 0.303 e. The van der Waals surface area contributed by atoms with E-state index in [0.29, 0.717) is 28.4 Å². The van der Waals surface area contributed by atoms with Crippen LogP contribution in [0.5, 0.6) is 17.2 Å². The lowest BCUT2D eigenvalue weighted by Crippen LogP contribution is -2.46. The second-order valence-corrected chi connectivity index (χ2v) is 8.92. The van der Waals surface area contributed by atoms with Crippen molar-refractivity contribution >= 4 is 17.8 Å². The van der Waals surface area contributed by atoms with Crippen molar-refractivity contribution in [2.45, 2.75) is 31.8 Å². The van der Waals surface area contributed by atoms with Crippen LogP contribution in [0, 0.1) is 0 Å². The Hall–Kier alpha value is -4.53. The van der Waals surface area contributed by atoms with E-state index in [4.69, 9.17) is 14.2 Å². The topological polar surface area (TPSA) is 123 Å². The monoisotopic (exact) mass is 518 g/mol. The van der Waals surface area contributed by atoms with Gasteiger partial charge in [-0.2, -0.15) is 0 Å². The van der Waals surface area contributed by atoms with E-state index in [1.165, 1.54) is 26.9 Å². The molecule has 1 aliphatic carbocycles. The first-order valence-corrected chi connectivity index (χ1v) is 12.1. The molecule has 3 aromatic rings. The number of amides is 2. The van der Waals surface area contributed by atoms with Crippen LogP contribution in [-0.4, -0.2) is 50.3 Å². The smallest absolute Gasteiger partial charge is 0.303 e. The van der Waals surface area contributed by atoms with Gasteiger partial charge in [-0.05, 0) is 64.9 Å². The zero-order valence-corrected chi connectivity index (χ0v) is 21.5. The van der Waals surface area contributed by atoms with Gasteiger partial charge in [0.2, 0.25) is 11.7 Å². The number of benzene rings is 3. The van der Waals surface area contributed by atoms with Crippen LogP contribution in [-0.2, 0) is 22.6 Å². The molecule has 38 heavy (non-hydrogen) atoms. The molecule has 1 aliphatic rings. The van der Waals surface area contributed by atoms with Crippen LogP contribution in [0.3, 0.4) is 0 Å². The van der Waals surface area contributed by atoms with Gasteiger partial charge in [0.15, 0.2) is 11.5 Å². The second kappa shape index (κ2) is 11.7. The molecule has 0 saturated heterocycles. The predicted molar refractivity (Wildman–Crippen MR) is 141 cm³/mol. The molecule has 0 saturated carbocycles. The molecular formula is C29H30N2O7. The van der Waals surface area contributed by atoms with E-state index in [1.807, 2.05) is 24.3 Å². The average Bonchev–Trinajstić information content (AvgIpc) is 3.30. The summed E-state index contributed by atoms with van der Waals surface area (Å²) in [5, 5.41) is 14.7. The van der Waals surface area contributed by atoms with Crippen LogP contribution in [0.2, 0.25) is 0 Å². The molecule has 2 amide bonds. The molecule has 4 rings (SSSR count). The van der Waals surface area contributed by atoms with Crippen LogP contribution in [0.15, 0.2) is 54.6 Å². The van der Waals surface area contributed by atoms with Crippen molar-refractivity contribution in [3.63, 3.8) is 0 Å². The summed E-state index contributed by atoms with van der Waals surface area (Å²) in [6.45, 7) is 0.103. The van der Waals surface area contributed by atoms with Gasteiger partial charge in [-0.25, -0.2) is 0 Å². The number of ether oxygens (including phenoxy) is 3. The summed E-state index contributed by atoms with van der Waals surface area (Å²) in [7, 11) is 4.49. The summed E-state index contributed by atoms with van der Waals surface area (Å²) >= 11 is 0. The molecule has 0 radical (unpaired) electrons. The number of methoxy groups -OCH3 is 3. The number of rotatable bonds is 11. The Morgan fingerprint density at radius 2 is 1.58 bits per heavy atom. The van der Waals surface area contributed by atoms with Crippen molar-refractivity contribution < 1.29 is 33.7 Å². The number of fused-ring (bicyclic) bond motifs is 3. The highest BCUT2D eigenvalue weighted by Gasteiger charge is 2.24. The summed E-state index contributed by atoms with van der Waals surface area (Å²) in [6, 6.07) is 15.9. The minimum Gasteiger partial charge on any atom is -0.493 e. The summed E-state index contributed by atoms with van der Waals surface area (Å²) in [4.78, 5) is 37.4. The van der Waals surface area contributed by atoms with E-state index in [0.717, 1.165) is 23.1 Å². The van der Waals surface area contributed by atoms with E-state index < -0.39 is 23.8 Å². The first-order chi connectivity index (χ1) is 18.3. The largest absolute Gasteiger partial charge is 0.493 e. The summed E-state index contributed by atoms with van der Waals surface area (Å²) < 4.78 is 16.0. The third-order valence-electron chi connectivity index (χ3n) is 6.52. The lowest BCUT2D eigenvalue weighted by atomic mass is 10.0. The zero-order valence-electron chi connectivity index (χ0n) is 21.5. The Morgan fingerprint density at radius 1 is 0.895 bits per heavy atom. The number of carbonyl (C=O) groups is 3. The van der Waals surface area contributed by atoms with E-state index in [1.54, 1.807) is 18.2 Å². The zero-order chi connectivity index (χ0) is 27.2. The van der Waals surface area contributed by atoms with Crippen LogP contribution < -0.4 is 24.8 Å². The Morgan fingerprint density at radius 3 is 2.24 bits per heavy atom. The van der Waals surface area contributed by atoms with Gasteiger partial charge < -0.3 is 30.0 Å². The van der Waals surface area contributed by atoms with Gasteiger partial charge in [0, 0.05) is 18.5 Å². The number of carboxylic acid groups (broad SMARTS) is 1. The molecule has 0 bridgehead atoms. The van der Waals surface area contributed by atoms with E-state index in [-0.39, 0.29) is 19.4 Å². The van der Waals surface area contributed by atoms with Crippen LogP contribution >= 0.6 is 0 Å². The molecule has 0 fully saturated rings. The van der Waals surface area contributed by atoms with Crippen LogP contribution in [0.4, 0.5) is 0 Å². The molecule has 0 unspecified atom stereocenters. The molecule has 3 aromatic carbocycles. The van der Waals surface area contributed by atoms with Gasteiger partial charge in [-0.1, -0.05) is 30.3 Å². The number of hydrogen-bond acceptors (Lipinski definition) is 6. The van der Waals surface area contributed by atoms with Crippen molar-refractivity contribution in [1.82, 2.24) is 10.6 Å². The summed E-state index contributed by atoms with van der Waals surface area (Å²) in [5.74, 6) is -0.703. The van der Waals surface area contributed by atoms with E-state index in [2.05, 4.69) is 22.8 Å². The highest BCUT2D eigenvalue weighted by atomic mass is 16.5. The molecule has 9 heteroatoms. The fourth-order valence-corrected chi connectivity index (χ4v) is 4.61. The summed E-state index contributed by atoms with van der Waals surface area (Å²) in [6.07, 6.45) is 0.394. The van der Waals surface area contributed by atoms with Gasteiger partial charge >= 0.3 is 5.97 Å². The molecular weight excluding hydrogens is 488 g/mol. The van der Waals surface area contributed by atoms with Crippen molar-refractivity contribution in [3.8, 4) is 28.4 Å². The first-order valence-electron chi connectivity index (χ1n) is 12.1. The molecule has 0 heterocycles. The van der Waals surface area contributed by atoms with Gasteiger partial charge in [-0.15, -0.1) is 0 Å². The predicted octanol–water partition coefficient (Wildman–Crippen LogP) is 3.56. The third-order valence-corrected chi connectivity index (χ3v) is 6.52. The SMILES string of the molecule is COc1cc(CNC(=O)[C@H](CCC(=O)O)NC(=O)c2ccc3c(c2)Cc2ccccc2-3)cc(OC)c1OC. The van der Waals surface area contributed by atoms with E-state index >= 15 is 0 Å². The van der Waals surface area contributed by atoms with Crippen molar-refractivity contribution in [1.29, 1.82) is 0 Å². The minimum absolute atomic E-state index is 0.0570. The molecule has 0 spiro atoms. The molecule has 0 aromatic heterocycles. The first kappa shape index (κ1) is 26.5. The fourth-order valence-electron chi connectivity index (χ4n) is 4.61. The molecule has 9 nitrogen and oxygen atoms in total. The van der Waals surface area contributed by atoms with Crippen molar-refractivity contribution in [2.75, 3.05) is 21.3 Å². The number of nitrogens with one attached hydrogen (secondary N) is 2. The third kappa shape index (κ3) is 5.72. The van der Waals surface area contributed by atoms with Gasteiger partial charge in [-0.3, -0.25) is 14.4 Å². The van der Waals surface area contributed by atoms with Crippen LogP contribution in [0.1, 0.15) is 39.9 Å². The fraction of sp³-hybridized carbons (Fsp3) is 0.276. The maximum atomic E-state index is 13.1. The lowest BCUT2D eigenvalue weighted by molar-refractivity contribution is -0.137. The number of aliphatic carboxylic acids is 1. The Balaban J connectivity index is 1.47. The van der Waals surface area contributed by atoms with E-state index in [9.17, 15) is 19.5 Å². The van der Waals surface area contributed by atoms with Crippen molar-refractivity contribution in [2.24, 2.45) is 0 Å². The lowest BCUT2D eigenvalue weighted by Gasteiger charge is -2.19. The van der Waals surface area contributed by atoms with Crippen LogP contribution in [0.25, 0.3) is 11.1 Å². The van der Waals surface area contributed by atoms with Gasteiger partial charge in [0.1, 0.15) is 6.04 Å². The Kier molecular flexibility index (Phi) is 8.15. The Labute approximate surface area is 220 Å². The number of carbonyl (C=O) groups excluding carboxylic acids is 2. The average molecular weight is 519 g/mol. The maximum absolute atomic E-state index is 13.1. The Bertz CT molecular complexity index is 1340. The quantitative estimate of drug-likeness (QED) is 0.277.